The van der Waals surface area contributed by atoms with Gasteiger partial charge in [-0.25, -0.2) is 0 Å². The molecule has 0 radical (unpaired) electrons. The molecule has 0 aromatic heterocycles. The van der Waals surface area contributed by atoms with Crippen molar-refractivity contribution in [3.63, 3.8) is 0 Å². The number of hydrogen-bond donors (Lipinski definition) is 4. The summed E-state index contributed by atoms with van der Waals surface area (Å²) >= 11 is 0. The highest BCUT2D eigenvalue weighted by atomic mass is 16.3. The molecule has 0 unspecified atom stereocenters. The van der Waals surface area contributed by atoms with Gasteiger partial charge in [-0.05, 0) is 47.2 Å². The lowest BCUT2D eigenvalue weighted by Crippen LogP contribution is -1.90. The highest BCUT2D eigenvalue weighted by Crippen LogP contribution is 2.44. The van der Waals surface area contributed by atoms with E-state index in [2.05, 4.69) is 4.99 Å². The molecule has 0 spiro atoms. The lowest BCUT2D eigenvalue weighted by Gasteiger charge is -2.13. The molecule has 0 saturated carbocycles. The zero-order chi connectivity index (χ0) is 18.3. The summed E-state index contributed by atoms with van der Waals surface area (Å²) in [5.74, 6) is -0.179. The summed E-state index contributed by atoms with van der Waals surface area (Å²) in [7, 11) is 0. The van der Waals surface area contributed by atoms with Gasteiger partial charge in [0.1, 0.15) is 23.0 Å². The minimum atomic E-state index is -0.173. The normalized spacial score (nSPS) is 11.5. The Morgan fingerprint density at radius 3 is 1.73 bits per heavy atom. The highest BCUT2D eigenvalue weighted by molar-refractivity contribution is 6.19. The molecule has 0 aliphatic carbocycles. The van der Waals surface area contributed by atoms with E-state index >= 15 is 0 Å². The average molecular weight is 345 g/mol. The quantitative estimate of drug-likeness (QED) is 0.316. The predicted octanol–water partition coefficient (Wildman–Crippen LogP) is 4.57. The van der Waals surface area contributed by atoms with Crippen LogP contribution in [0.25, 0.3) is 21.5 Å². The lowest BCUT2D eigenvalue weighted by atomic mass is 9.95. The van der Waals surface area contributed by atoms with Gasteiger partial charge in [-0.1, -0.05) is 24.3 Å². The van der Waals surface area contributed by atoms with Crippen molar-refractivity contribution in [3.8, 4) is 23.0 Å². The highest BCUT2D eigenvalue weighted by Gasteiger charge is 2.17. The molecule has 0 heterocycles. The predicted molar refractivity (Wildman–Crippen MR) is 102 cm³/mol. The fourth-order valence-electron chi connectivity index (χ4n) is 3.11. The summed E-state index contributed by atoms with van der Waals surface area (Å²) in [6.07, 6.45) is 1.62. The van der Waals surface area contributed by atoms with Gasteiger partial charge in [0.15, 0.2) is 0 Å². The van der Waals surface area contributed by atoms with Crippen LogP contribution in [0.5, 0.6) is 23.0 Å². The molecule has 0 bridgehead atoms. The largest absolute Gasteiger partial charge is 0.508 e. The maximum atomic E-state index is 10.6. The Morgan fingerprint density at radius 2 is 1.19 bits per heavy atom. The summed E-state index contributed by atoms with van der Waals surface area (Å²) in [6.45, 7) is 0. The number of benzene rings is 4. The summed E-state index contributed by atoms with van der Waals surface area (Å²) in [5, 5.41) is 42.2. The maximum Gasteiger partial charge on any atom is 0.138 e. The van der Waals surface area contributed by atoms with E-state index in [-0.39, 0.29) is 33.8 Å². The standard InChI is InChI=1S/C21H15NO4/c23-13-9-7-12(8-10-13)22-11-16-14-3-1-5-17(24)19(14)21(26)20-15(16)4-2-6-18(20)25/h1-11,23-26H. The van der Waals surface area contributed by atoms with Gasteiger partial charge in [-0.15, -0.1) is 0 Å². The zero-order valence-electron chi connectivity index (χ0n) is 13.6. The Hall–Kier alpha value is -3.73. The number of aromatic hydroxyl groups is 4. The van der Waals surface area contributed by atoms with Crippen molar-refractivity contribution < 1.29 is 20.4 Å². The third-order valence-corrected chi connectivity index (χ3v) is 4.33. The number of rotatable bonds is 2. The van der Waals surface area contributed by atoms with E-state index in [1.807, 2.05) is 0 Å². The molecule has 0 atom stereocenters. The Morgan fingerprint density at radius 1 is 0.654 bits per heavy atom. The third-order valence-electron chi connectivity index (χ3n) is 4.33. The Kier molecular flexibility index (Phi) is 3.62. The molecule has 128 valence electrons. The third kappa shape index (κ3) is 2.46. The first kappa shape index (κ1) is 15.8. The van der Waals surface area contributed by atoms with Crippen LogP contribution < -0.4 is 0 Å². The van der Waals surface area contributed by atoms with Crippen molar-refractivity contribution in [1.82, 2.24) is 0 Å². The summed E-state index contributed by atoms with van der Waals surface area (Å²) in [4.78, 5) is 4.43. The van der Waals surface area contributed by atoms with Crippen molar-refractivity contribution in [2.24, 2.45) is 4.99 Å². The molecule has 5 nitrogen and oxygen atoms in total. The summed E-state index contributed by atoms with van der Waals surface area (Å²) in [6, 6.07) is 16.3. The molecule has 26 heavy (non-hydrogen) atoms. The molecule has 0 aliphatic heterocycles. The topological polar surface area (TPSA) is 93.3 Å². The molecule has 0 saturated heterocycles. The SMILES string of the molecule is Oc1ccc(N=Cc2c3cccc(O)c3c(O)c3c(O)cccc23)cc1. The van der Waals surface area contributed by atoms with Gasteiger partial charge in [0, 0.05) is 11.8 Å². The Labute approximate surface area is 148 Å². The van der Waals surface area contributed by atoms with Crippen LogP contribution in [0, 0.1) is 0 Å². The second-order valence-electron chi connectivity index (χ2n) is 5.94. The minimum absolute atomic E-state index is 0.0792. The molecule has 4 aromatic rings. The average Bonchev–Trinajstić information content (AvgIpc) is 2.63. The van der Waals surface area contributed by atoms with Crippen molar-refractivity contribution in [3.05, 3.63) is 66.2 Å². The molecule has 4 rings (SSSR count). The van der Waals surface area contributed by atoms with E-state index in [0.717, 1.165) is 0 Å². The van der Waals surface area contributed by atoms with E-state index in [4.69, 9.17) is 0 Å². The van der Waals surface area contributed by atoms with E-state index in [1.54, 1.807) is 42.6 Å². The van der Waals surface area contributed by atoms with Gasteiger partial charge < -0.3 is 20.4 Å². The molecule has 0 fully saturated rings. The van der Waals surface area contributed by atoms with Crippen molar-refractivity contribution >= 4 is 33.4 Å². The number of nitrogens with zero attached hydrogens (tertiary/aromatic N) is 1. The van der Waals surface area contributed by atoms with Gasteiger partial charge in [0.25, 0.3) is 0 Å². The first-order valence-electron chi connectivity index (χ1n) is 7.97. The molecular formula is C21H15NO4. The number of fused-ring (bicyclic) bond motifs is 2. The van der Waals surface area contributed by atoms with Crippen LogP contribution in [0.4, 0.5) is 5.69 Å². The van der Waals surface area contributed by atoms with Gasteiger partial charge >= 0.3 is 0 Å². The molecule has 4 aromatic carbocycles. The second kappa shape index (κ2) is 5.97. The number of hydrogen-bond acceptors (Lipinski definition) is 5. The van der Waals surface area contributed by atoms with E-state index in [9.17, 15) is 20.4 Å². The molecule has 0 amide bonds. The lowest BCUT2D eigenvalue weighted by molar-refractivity contribution is 0.459. The molecular weight excluding hydrogens is 330 g/mol. The fraction of sp³-hybridized carbons (Fsp3) is 0. The Balaban J connectivity index is 2.05. The van der Waals surface area contributed by atoms with Crippen LogP contribution in [0.1, 0.15) is 5.56 Å². The van der Waals surface area contributed by atoms with E-state index in [1.165, 1.54) is 24.3 Å². The van der Waals surface area contributed by atoms with Crippen LogP contribution in [0.15, 0.2) is 65.7 Å². The Bertz CT molecular complexity index is 1100. The molecule has 5 heteroatoms. The summed E-state index contributed by atoms with van der Waals surface area (Å²) < 4.78 is 0. The fourth-order valence-corrected chi connectivity index (χ4v) is 3.11. The van der Waals surface area contributed by atoms with Crippen LogP contribution in [-0.4, -0.2) is 26.6 Å². The van der Waals surface area contributed by atoms with Gasteiger partial charge in [0.2, 0.25) is 0 Å². The summed E-state index contributed by atoms with van der Waals surface area (Å²) in [5.41, 5.74) is 1.30. The monoisotopic (exact) mass is 345 g/mol. The molecule has 0 aliphatic rings. The molecule has 4 N–H and O–H groups in total. The van der Waals surface area contributed by atoms with Crippen LogP contribution in [-0.2, 0) is 0 Å². The van der Waals surface area contributed by atoms with Crippen molar-refractivity contribution in [1.29, 1.82) is 0 Å². The first-order chi connectivity index (χ1) is 12.6. The number of aliphatic imine (C=N–C) groups is 1. The van der Waals surface area contributed by atoms with Gasteiger partial charge in [-0.3, -0.25) is 4.99 Å². The van der Waals surface area contributed by atoms with Gasteiger partial charge in [0.05, 0.1) is 16.5 Å². The zero-order valence-corrected chi connectivity index (χ0v) is 13.6. The van der Waals surface area contributed by atoms with Crippen molar-refractivity contribution in [2.75, 3.05) is 0 Å². The maximum absolute atomic E-state index is 10.6. The number of phenols is 4. The van der Waals surface area contributed by atoms with Crippen LogP contribution >= 0.6 is 0 Å². The number of phenolic OH excluding ortho intramolecular Hbond substituents is 4. The first-order valence-corrected chi connectivity index (χ1v) is 7.97. The van der Waals surface area contributed by atoms with E-state index in [0.29, 0.717) is 22.0 Å². The van der Waals surface area contributed by atoms with Gasteiger partial charge in [-0.2, -0.15) is 0 Å². The smallest absolute Gasteiger partial charge is 0.138 e. The van der Waals surface area contributed by atoms with Crippen LogP contribution in [0.3, 0.4) is 0 Å². The minimum Gasteiger partial charge on any atom is -0.508 e. The van der Waals surface area contributed by atoms with Crippen LogP contribution in [0.2, 0.25) is 0 Å². The van der Waals surface area contributed by atoms with Crippen molar-refractivity contribution in [2.45, 2.75) is 0 Å². The van der Waals surface area contributed by atoms with E-state index < -0.39 is 0 Å². The second-order valence-corrected chi connectivity index (χ2v) is 5.94.